The molecule has 1 fully saturated rings. The van der Waals surface area contributed by atoms with Crippen molar-refractivity contribution in [3.05, 3.63) is 100 Å². The first-order valence-electron chi connectivity index (χ1n) is 11.9. The first-order chi connectivity index (χ1) is 17.7. The zero-order valence-corrected chi connectivity index (χ0v) is 21.3. The molecule has 9 heteroatoms. The molecular formula is C28H28N4O4S. The lowest BCUT2D eigenvalue weighted by Crippen LogP contribution is -2.38. The fourth-order valence-corrected chi connectivity index (χ4v) is 5.88. The van der Waals surface area contributed by atoms with Crippen LogP contribution in [0.2, 0.25) is 0 Å². The molecule has 0 radical (unpaired) electrons. The number of piperidine rings is 1. The lowest BCUT2D eigenvalue weighted by molar-refractivity contribution is 0.0713. The molecule has 1 aliphatic rings. The van der Waals surface area contributed by atoms with Crippen LogP contribution in [0.1, 0.15) is 61.7 Å². The second kappa shape index (κ2) is 10.8. The van der Waals surface area contributed by atoms with E-state index in [4.69, 9.17) is 11.0 Å². The Hall–Kier alpha value is -4.16. The van der Waals surface area contributed by atoms with E-state index >= 15 is 0 Å². The first-order valence-corrected chi connectivity index (χ1v) is 13.6. The van der Waals surface area contributed by atoms with E-state index in [1.165, 1.54) is 6.07 Å². The minimum atomic E-state index is -3.88. The molecule has 0 atom stereocenters. The molecular weight excluding hydrogens is 488 g/mol. The minimum absolute atomic E-state index is 0.151. The van der Waals surface area contributed by atoms with Gasteiger partial charge >= 0.3 is 0 Å². The second-order valence-corrected chi connectivity index (χ2v) is 10.9. The summed E-state index contributed by atoms with van der Waals surface area (Å²) < 4.78 is 28.4. The Morgan fingerprint density at radius 2 is 1.73 bits per heavy atom. The molecule has 0 saturated carbocycles. The topological polar surface area (TPSA) is 133 Å². The fraction of sp³-hybridized carbons (Fsp3) is 0.250. The van der Waals surface area contributed by atoms with E-state index < -0.39 is 21.7 Å². The highest BCUT2D eigenvalue weighted by molar-refractivity contribution is 7.91. The third kappa shape index (κ3) is 6.16. The number of carbonyl (C=O) groups excluding carboxylic acids is 2. The average Bonchev–Trinajstić information content (AvgIpc) is 2.89. The van der Waals surface area contributed by atoms with Crippen LogP contribution in [0.5, 0.6) is 0 Å². The van der Waals surface area contributed by atoms with Gasteiger partial charge in [0, 0.05) is 24.2 Å². The molecule has 37 heavy (non-hydrogen) atoms. The lowest BCUT2D eigenvalue weighted by atomic mass is 9.89. The zero-order chi connectivity index (χ0) is 26.6. The average molecular weight is 517 g/mol. The highest BCUT2D eigenvalue weighted by Crippen LogP contribution is 2.29. The van der Waals surface area contributed by atoms with E-state index in [2.05, 4.69) is 10.8 Å². The molecule has 2 amide bonds. The molecule has 190 valence electrons. The molecule has 8 nitrogen and oxygen atoms in total. The number of anilines is 1. The third-order valence-corrected chi connectivity index (χ3v) is 7.89. The summed E-state index contributed by atoms with van der Waals surface area (Å²) in [6.07, 6.45) is 1.62. The Morgan fingerprint density at radius 1 is 1.05 bits per heavy atom. The maximum atomic E-state index is 13.2. The molecule has 0 aromatic heterocycles. The van der Waals surface area contributed by atoms with Gasteiger partial charge < -0.3 is 10.6 Å². The molecule has 1 aliphatic heterocycles. The second-order valence-electron chi connectivity index (χ2n) is 9.21. The van der Waals surface area contributed by atoms with Gasteiger partial charge in [-0.2, -0.15) is 5.26 Å². The number of amides is 2. The van der Waals surface area contributed by atoms with Crippen molar-refractivity contribution in [3.8, 4) is 6.07 Å². The number of primary amides is 1. The van der Waals surface area contributed by atoms with E-state index in [1.54, 1.807) is 48.2 Å². The highest BCUT2D eigenvalue weighted by Gasteiger charge is 2.25. The van der Waals surface area contributed by atoms with Crippen LogP contribution in [0.4, 0.5) is 5.69 Å². The number of aryl methyl sites for hydroxylation is 1. The van der Waals surface area contributed by atoms with E-state index in [0.717, 1.165) is 18.4 Å². The van der Waals surface area contributed by atoms with Gasteiger partial charge in [0.15, 0.2) is 0 Å². The van der Waals surface area contributed by atoms with Gasteiger partial charge in [-0.15, -0.1) is 0 Å². The van der Waals surface area contributed by atoms with Crippen LogP contribution in [0.3, 0.4) is 0 Å². The van der Waals surface area contributed by atoms with E-state index in [9.17, 15) is 18.0 Å². The molecule has 0 bridgehead atoms. The number of hydrogen-bond acceptors (Lipinski definition) is 5. The summed E-state index contributed by atoms with van der Waals surface area (Å²) in [5, 5.41) is 8.99. The first kappa shape index (κ1) is 25.9. The van der Waals surface area contributed by atoms with Crippen LogP contribution >= 0.6 is 0 Å². The van der Waals surface area contributed by atoms with Crippen molar-refractivity contribution in [2.24, 2.45) is 5.73 Å². The van der Waals surface area contributed by atoms with Crippen molar-refractivity contribution < 1.29 is 18.0 Å². The molecule has 3 N–H and O–H groups in total. The highest BCUT2D eigenvalue weighted by atomic mass is 32.2. The number of sulfonamides is 1. The van der Waals surface area contributed by atoms with Crippen molar-refractivity contribution in [3.63, 3.8) is 0 Å². The Balaban J connectivity index is 1.44. The van der Waals surface area contributed by atoms with Crippen LogP contribution in [-0.2, 0) is 15.8 Å². The Kier molecular flexibility index (Phi) is 7.60. The van der Waals surface area contributed by atoms with Crippen LogP contribution in [0, 0.1) is 18.3 Å². The maximum absolute atomic E-state index is 13.2. The molecule has 3 aromatic rings. The molecule has 0 aliphatic carbocycles. The van der Waals surface area contributed by atoms with Gasteiger partial charge in [0.2, 0.25) is 15.9 Å². The van der Waals surface area contributed by atoms with Gasteiger partial charge in [0.1, 0.15) is 0 Å². The summed E-state index contributed by atoms with van der Waals surface area (Å²) in [6, 6.07) is 21.0. The normalized spacial score (nSPS) is 14.1. The Morgan fingerprint density at radius 3 is 2.38 bits per heavy atom. The summed E-state index contributed by atoms with van der Waals surface area (Å²) >= 11 is 0. The van der Waals surface area contributed by atoms with Crippen molar-refractivity contribution in [2.75, 3.05) is 17.8 Å². The summed E-state index contributed by atoms with van der Waals surface area (Å²) in [4.78, 5) is 26.7. The van der Waals surface area contributed by atoms with E-state index in [-0.39, 0.29) is 11.5 Å². The predicted octanol–water partition coefficient (Wildman–Crippen LogP) is 3.93. The number of nitrogens with zero attached hydrogens (tertiary/aromatic N) is 2. The summed E-state index contributed by atoms with van der Waals surface area (Å²) in [5.74, 6) is -0.956. The van der Waals surface area contributed by atoms with E-state index in [0.29, 0.717) is 46.9 Å². The largest absolute Gasteiger partial charge is 0.366 e. The van der Waals surface area contributed by atoms with Crippen LogP contribution < -0.4 is 10.5 Å². The smallest absolute Gasteiger partial charge is 0.253 e. The number of nitriles is 1. The number of nitrogens with one attached hydrogen (secondary N) is 1. The van der Waals surface area contributed by atoms with Crippen molar-refractivity contribution in [1.82, 2.24) is 4.90 Å². The molecule has 1 saturated heterocycles. The third-order valence-electron chi connectivity index (χ3n) is 6.67. The molecule has 1 heterocycles. The molecule has 3 aromatic carbocycles. The van der Waals surface area contributed by atoms with Crippen LogP contribution in [0.15, 0.2) is 66.7 Å². The van der Waals surface area contributed by atoms with Gasteiger partial charge in [-0.1, -0.05) is 36.4 Å². The number of hydrogen-bond donors (Lipinski definition) is 2. The number of benzene rings is 3. The number of nitrogens with two attached hydrogens (primary N) is 1. The maximum Gasteiger partial charge on any atom is 0.253 e. The fourth-order valence-electron chi connectivity index (χ4n) is 4.59. The zero-order valence-electron chi connectivity index (χ0n) is 20.5. The minimum Gasteiger partial charge on any atom is -0.366 e. The summed E-state index contributed by atoms with van der Waals surface area (Å²) in [6.45, 7) is 2.93. The SMILES string of the molecule is Cc1ccc(C(=O)N2CCC(c3ccc(C#N)cc3)CC2)cc1NS(=O)(=O)Cc1ccccc1C(N)=O. The summed E-state index contributed by atoms with van der Waals surface area (Å²) in [7, 11) is -3.88. The van der Waals surface area contributed by atoms with Gasteiger partial charge in [0.05, 0.1) is 23.1 Å². The molecule has 0 spiro atoms. The van der Waals surface area contributed by atoms with Crippen molar-refractivity contribution >= 4 is 27.5 Å². The standard InChI is InChI=1S/C28H28N4O4S/c1-19-6-9-23(16-26(19)31-37(35,36)18-24-4-2-3-5-25(24)27(30)33)28(34)32-14-12-22(13-15-32)21-10-7-20(17-29)8-11-21/h2-11,16,22,31H,12-15,18H2,1H3,(H2,30,33). The Bertz CT molecular complexity index is 1470. The monoisotopic (exact) mass is 516 g/mol. The summed E-state index contributed by atoms with van der Waals surface area (Å²) in [5.41, 5.74) is 9.01. The lowest BCUT2D eigenvalue weighted by Gasteiger charge is -2.32. The van der Waals surface area contributed by atoms with Crippen molar-refractivity contribution in [2.45, 2.75) is 31.4 Å². The Labute approximate surface area is 216 Å². The van der Waals surface area contributed by atoms with Crippen LogP contribution in [-0.4, -0.2) is 38.2 Å². The van der Waals surface area contributed by atoms with E-state index in [1.807, 2.05) is 24.3 Å². The van der Waals surface area contributed by atoms with Gasteiger partial charge in [0.25, 0.3) is 5.91 Å². The molecule has 4 rings (SSSR count). The van der Waals surface area contributed by atoms with Crippen LogP contribution in [0.25, 0.3) is 0 Å². The van der Waals surface area contributed by atoms with Crippen molar-refractivity contribution in [1.29, 1.82) is 5.26 Å². The predicted molar refractivity (Wildman–Crippen MR) is 141 cm³/mol. The number of likely N-dealkylation sites (tertiary alicyclic amines) is 1. The van der Waals surface area contributed by atoms with Gasteiger partial charge in [-0.25, -0.2) is 8.42 Å². The van der Waals surface area contributed by atoms with Gasteiger partial charge in [-0.3, -0.25) is 14.3 Å². The number of rotatable bonds is 7. The quantitative estimate of drug-likeness (QED) is 0.491. The van der Waals surface area contributed by atoms with Gasteiger partial charge in [-0.05, 0) is 72.7 Å². The molecule has 0 unspecified atom stereocenters. The number of carbonyl (C=O) groups is 2.